The minimum absolute atomic E-state index is 0.0563. The Bertz CT molecular complexity index is 336. The van der Waals surface area contributed by atoms with E-state index in [0.717, 1.165) is 0 Å². The molecule has 1 aromatic rings. The number of rotatable bonds is 6. The molecule has 1 N–H and O–H groups in total. The van der Waals surface area contributed by atoms with Gasteiger partial charge in [-0.05, 0) is 37.6 Å². The maximum Gasteiger partial charge on any atom is 0.389 e. The van der Waals surface area contributed by atoms with Crippen molar-refractivity contribution in [2.45, 2.75) is 25.4 Å². The Morgan fingerprint density at radius 3 is 2.41 bits per heavy atom. The van der Waals surface area contributed by atoms with Gasteiger partial charge in [-0.25, -0.2) is 4.39 Å². The molecule has 0 amide bonds. The summed E-state index contributed by atoms with van der Waals surface area (Å²) in [5.74, 6) is -0.274. The van der Waals surface area contributed by atoms with Crippen LogP contribution in [0.3, 0.4) is 0 Å². The lowest BCUT2D eigenvalue weighted by Gasteiger charge is -2.07. The predicted molar refractivity (Wildman–Crippen MR) is 58.3 cm³/mol. The zero-order chi connectivity index (χ0) is 12.7. The third kappa shape index (κ3) is 6.26. The highest BCUT2D eigenvalue weighted by Crippen LogP contribution is 2.20. The lowest BCUT2D eigenvalue weighted by atomic mass is 10.1. The molecule has 0 radical (unpaired) electrons. The van der Waals surface area contributed by atoms with Crippen molar-refractivity contribution in [3.8, 4) is 0 Å². The summed E-state index contributed by atoms with van der Waals surface area (Å²) in [5.41, 5.74) is 0.579. The maximum atomic E-state index is 13.1. The second kappa shape index (κ2) is 6.59. The number of nitrogens with one attached hydrogen (secondary N) is 1. The zero-order valence-corrected chi connectivity index (χ0v) is 9.36. The van der Waals surface area contributed by atoms with Gasteiger partial charge in [0.25, 0.3) is 0 Å². The van der Waals surface area contributed by atoms with Crippen LogP contribution in [0.1, 0.15) is 18.4 Å². The summed E-state index contributed by atoms with van der Waals surface area (Å²) < 4.78 is 48.6. The molecular formula is C12H15F4N. The number of alkyl halides is 3. The molecule has 0 spiro atoms. The molecule has 17 heavy (non-hydrogen) atoms. The van der Waals surface area contributed by atoms with Crippen LogP contribution >= 0.6 is 0 Å². The van der Waals surface area contributed by atoms with Crippen LogP contribution in [0.25, 0.3) is 0 Å². The molecule has 0 unspecified atom stereocenters. The largest absolute Gasteiger partial charge is 0.389 e. The van der Waals surface area contributed by atoms with Gasteiger partial charge in [-0.2, -0.15) is 13.2 Å². The second-order valence-electron chi connectivity index (χ2n) is 3.81. The van der Waals surface area contributed by atoms with Crippen molar-refractivity contribution in [1.29, 1.82) is 0 Å². The van der Waals surface area contributed by atoms with Crippen LogP contribution in [-0.4, -0.2) is 19.3 Å². The van der Waals surface area contributed by atoms with Gasteiger partial charge in [-0.3, -0.25) is 0 Å². The van der Waals surface area contributed by atoms with Crippen molar-refractivity contribution in [2.24, 2.45) is 0 Å². The normalized spacial score (nSPS) is 11.8. The average Bonchev–Trinajstić information content (AvgIpc) is 2.24. The Labute approximate surface area is 97.8 Å². The first-order valence-electron chi connectivity index (χ1n) is 5.50. The molecule has 0 heterocycles. The van der Waals surface area contributed by atoms with Crippen molar-refractivity contribution >= 4 is 0 Å². The molecule has 0 bridgehead atoms. The molecule has 0 aliphatic heterocycles. The third-order valence-corrected chi connectivity index (χ3v) is 2.34. The molecular weight excluding hydrogens is 234 g/mol. The smallest absolute Gasteiger partial charge is 0.316 e. The van der Waals surface area contributed by atoms with Crippen LogP contribution in [0.15, 0.2) is 24.3 Å². The number of halogens is 4. The minimum Gasteiger partial charge on any atom is -0.316 e. The molecule has 0 aromatic heterocycles. The van der Waals surface area contributed by atoms with Crippen molar-refractivity contribution in [2.75, 3.05) is 13.1 Å². The molecule has 0 saturated heterocycles. The second-order valence-corrected chi connectivity index (χ2v) is 3.81. The maximum absolute atomic E-state index is 13.1. The topological polar surface area (TPSA) is 12.0 Å². The van der Waals surface area contributed by atoms with Gasteiger partial charge in [0, 0.05) is 6.42 Å². The van der Waals surface area contributed by atoms with E-state index in [9.17, 15) is 17.6 Å². The molecule has 0 saturated carbocycles. The Hall–Kier alpha value is -1.10. The van der Waals surface area contributed by atoms with Crippen molar-refractivity contribution < 1.29 is 17.6 Å². The summed E-state index contributed by atoms with van der Waals surface area (Å²) in [6, 6.07) is 6.39. The monoisotopic (exact) mass is 249 g/mol. The van der Waals surface area contributed by atoms with E-state index in [1.807, 2.05) is 0 Å². The first-order valence-corrected chi connectivity index (χ1v) is 5.50. The summed E-state index contributed by atoms with van der Waals surface area (Å²) in [4.78, 5) is 0. The van der Waals surface area contributed by atoms with Gasteiger partial charge in [0.15, 0.2) is 0 Å². The molecule has 1 nitrogen and oxygen atoms in total. The first-order chi connectivity index (χ1) is 7.99. The standard InChI is InChI=1S/C12H15F4N/c13-11-5-2-1-4-10(11)6-9-17-8-3-7-12(14,15)16/h1-2,4-5,17H,3,6-9H2. The molecule has 1 rings (SSSR count). The Morgan fingerprint density at radius 1 is 1.06 bits per heavy atom. The van der Waals surface area contributed by atoms with Crippen molar-refractivity contribution in [3.63, 3.8) is 0 Å². The fourth-order valence-corrected chi connectivity index (χ4v) is 1.46. The van der Waals surface area contributed by atoms with Crippen LogP contribution < -0.4 is 5.32 Å². The van der Waals surface area contributed by atoms with E-state index in [-0.39, 0.29) is 12.2 Å². The Morgan fingerprint density at radius 2 is 1.76 bits per heavy atom. The van der Waals surface area contributed by atoms with Gasteiger partial charge >= 0.3 is 6.18 Å². The van der Waals surface area contributed by atoms with E-state index in [0.29, 0.717) is 25.1 Å². The summed E-state index contributed by atoms with van der Waals surface area (Å²) in [6.07, 6.45) is -4.33. The number of hydrogen-bond donors (Lipinski definition) is 1. The third-order valence-electron chi connectivity index (χ3n) is 2.34. The highest BCUT2D eigenvalue weighted by atomic mass is 19.4. The van der Waals surface area contributed by atoms with E-state index >= 15 is 0 Å². The van der Waals surface area contributed by atoms with Gasteiger partial charge in [0.05, 0.1) is 0 Å². The molecule has 0 aliphatic carbocycles. The van der Waals surface area contributed by atoms with Gasteiger partial charge in [-0.1, -0.05) is 18.2 Å². The SMILES string of the molecule is Fc1ccccc1CCNCCCC(F)(F)F. The highest BCUT2D eigenvalue weighted by Gasteiger charge is 2.25. The highest BCUT2D eigenvalue weighted by molar-refractivity contribution is 5.17. The summed E-state index contributed by atoms with van der Waals surface area (Å²) in [5, 5.41) is 2.87. The van der Waals surface area contributed by atoms with Crippen LogP contribution in [0.5, 0.6) is 0 Å². The number of benzene rings is 1. The van der Waals surface area contributed by atoms with E-state index in [4.69, 9.17) is 0 Å². The molecule has 0 aliphatic rings. The summed E-state index contributed by atoms with van der Waals surface area (Å²) >= 11 is 0. The van der Waals surface area contributed by atoms with E-state index in [1.54, 1.807) is 18.2 Å². The first kappa shape index (κ1) is 14.0. The van der Waals surface area contributed by atoms with E-state index in [1.165, 1.54) is 6.07 Å². The van der Waals surface area contributed by atoms with Crippen LogP contribution in [0, 0.1) is 5.82 Å². The average molecular weight is 249 g/mol. The Kier molecular flexibility index (Phi) is 5.41. The Balaban J connectivity index is 2.11. The van der Waals surface area contributed by atoms with Gasteiger partial charge in [-0.15, -0.1) is 0 Å². The molecule has 1 aromatic carbocycles. The van der Waals surface area contributed by atoms with Gasteiger partial charge < -0.3 is 5.32 Å². The summed E-state index contributed by atoms with van der Waals surface area (Å²) in [7, 11) is 0. The fourth-order valence-electron chi connectivity index (χ4n) is 1.46. The van der Waals surface area contributed by atoms with Crippen molar-refractivity contribution in [3.05, 3.63) is 35.6 Å². The quantitative estimate of drug-likeness (QED) is 0.602. The van der Waals surface area contributed by atoms with Crippen LogP contribution in [0.2, 0.25) is 0 Å². The summed E-state index contributed by atoms with van der Waals surface area (Å²) in [6.45, 7) is 0.784. The lowest BCUT2D eigenvalue weighted by molar-refractivity contribution is -0.135. The molecule has 5 heteroatoms. The minimum atomic E-state index is -4.09. The molecule has 96 valence electrons. The van der Waals surface area contributed by atoms with Crippen molar-refractivity contribution in [1.82, 2.24) is 5.32 Å². The van der Waals surface area contributed by atoms with Gasteiger partial charge in [0.1, 0.15) is 5.82 Å². The van der Waals surface area contributed by atoms with E-state index in [2.05, 4.69) is 5.32 Å². The van der Waals surface area contributed by atoms with Crippen LogP contribution in [-0.2, 0) is 6.42 Å². The zero-order valence-electron chi connectivity index (χ0n) is 9.36. The van der Waals surface area contributed by atoms with E-state index < -0.39 is 12.6 Å². The molecule has 0 fully saturated rings. The molecule has 0 atom stereocenters. The number of hydrogen-bond acceptors (Lipinski definition) is 1. The van der Waals surface area contributed by atoms with Crippen LogP contribution in [0.4, 0.5) is 17.6 Å². The van der Waals surface area contributed by atoms with Gasteiger partial charge in [0.2, 0.25) is 0 Å². The predicted octanol–water partition coefficient (Wildman–Crippen LogP) is 3.30. The fraction of sp³-hybridized carbons (Fsp3) is 0.500. The lowest BCUT2D eigenvalue weighted by Crippen LogP contribution is -2.20.